The van der Waals surface area contributed by atoms with E-state index in [-0.39, 0.29) is 5.56 Å². The van der Waals surface area contributed by atoms with Crippen LogP contribution in [-0.2, 0) is 4.74 Å². The molecule has 0 bridgehead atoms. The first-order chi connectivity index (χ1) is 11.5. The third kappa shape index (κ3) is 2.88. The zero-order valence-electron chi connectivity index (χ0n) is 13.4. The molecule has 1 atom stereocenters. The number of benzene rings is 1. The van der Waals surface area contributed by atoms with Gasteiger partial charge in [0.2, 0.25) is 0 Å². The minimum atomic E-state index is -0.696. The Morgan fingerprint density at radius 1 is 1.38 bits per heavy atom. The van der Waals surface area contributed by atoms with Crippen LogP contribution in [0.15, 0.2) is 29.1 Å². The summed E-state index contributed by atoms with van der Waals surface area (Å²) in [6.45, 7) is 3.41. The van der Waals surface area contributed by atoms with Crippen molar-refractivity contribution < 1.29 is 9.53 Å². The van der Waals surface area contributed by atoms with E-state index in [0.29, 0.717) is 33.0 Å². The number of nitrogens with one attached hydrogen (secondary N) is 2. The van der Waals surface area contributed by atoms with Crippen molar-refractivity contribution in [2.45, 2.75) is 20.0 Å². The number of hydrogen-bond acceptors (Lipinski definition) is 7. The fraction of sp³-hybridized carbons (Fsp3) is 0.250. The SMILES string of the molecule is CNc1snc(C)c1C(=O)OC(C)c1nc2ccccc2c(=O)[nH]1. The topological polar surface area (TPSA) is 97.0 Å². The van der Waals surface area contributed by atoms with Crippen LogP contribution in [0, 0.1) is 6.92 Å². The molecule has 0 spiro atoms. The van der Waals surface area contributed by atoms with E-state index < -0.39 is 12.1 Å². The van der Waals surface area contributed by atoms with Crippen LogP contribution in [0.4, 0.5) is 5.00 Å². The van der Waals surface area contributed by atoms with Gasteiger partial charge in [0.1, 0.15) is 10.6 Å². The van der Waals surface area contributed by atoms with E-state index in [1.54, 1.807) is 45.2 Å². The zero-order chi connectivity index (χ0) is 17.3. The second-order valence-electron chi connectivity index (χ2n) is 5.24. The molecular weight excluding hydrogens is 328 g/mol. The Labute approximate surface area is 141 Å². The van der Waals surface area contributed by atoms with Crippen LogP contribution in [0.2, 0.25) is 0 Å². The Morgan fingerprint density at radius 2 is 2.12 bits per heavy atom. The number of carbonyl (C=O) groups is 1. The highest BCUT2D eigenvalue weighted by Crippen LogP contribution is 2.26. The molecule has 3 rings (SSSR count). The smallest absolute Gasteiger partial charge is 0.343 e. The monoisotopic (exact) mass is 344 g/mol. The van der Waals surface area contributed by atoms with Gasteiger partial charge in [0.05, 0.1) is 16.6 Å². The van der Waals surface area contributed by atoms with Crippen LogP contribution >= 0.6 is 11.5 Å². The predicted octanol–water partition coefficient (Wildman–Crippen LogP) is 2.65. The van der Waals surface area contributed by atoms with Gasteiger partial charge >= 0.3 is 5.97 Å². The van der Waals surface area contributed by atoms with Crippen LogP contribution in [-0.4, -0.2) is 27.4 Å². The lowest BCUT2D eigenvalue weighted by molar-refractivity contribution is 0.0320. The van der Waals surface area contributed by atoms with E-state index in [9.17, 15) is 9.59 Å². The first kappa shape index (κ1) is 16.1. The van der Waals surface area contributed by atoms with Crippen molar-refractivity contribution in [1.29, 1.82) is 0 Å². The molecule has 124 valence electrons. The fourth-order valence-corrected chi connectivity index (χ4v) is 3.09. The maximum Gasteiger partial charge on any atom is 0.343 e. The first-order valence-corrected chi connectivity index (χ1v) is 8.12. The van der Waals surface area contributed by atoms with Crippen LogP contribution in [0.5, 0.6) is 0 Å². The van der Waals surface area contributed by atoms with Crippen LogP contribution in [0.3, 0.4) is 0 Å². The molecule has 0 saturated carbocycles. The number of aromatic amines is 1. The Bertz CT molecular complexity index is 963. The summed E-state index contributed by atoms with van der Waals surface area (Å²) in [5.74, 6) is -0.201. The number of H-pyrrole nitrogens is 1. The van der Waals surface area contributed by atoms with Crippen LogP contribution < -0.4 is 10.9 Å². The number of para-hydroxylation sites is 1. The van der Waals surface area contributed by atoms with Gasteiger partial charge in [-0.25, -0.2) is 9.78 Å². The Kier molecular flexibility index (Phi) is 4.30. The lowest BCUT2D eigenvalue weighted by Crippen LogP contribution is -2.18. The highest BCUT2D eigenvalue weighted by atomic mass is 32.1. The molecule has 8 heteroatoms. The van der Waals surface area contributed by atoms with E-state index in [4.69, 9.17) is 4.74 Å². The van der Waals surface area contributed by atoms with Crippen molar-refractivity contribution in [3.63, 3.8) is 0 Å². The molecule has 2 heterocycles. The quantitative estimate of drug-likeness (QED) is 0.706. The summed E-state index contributed by atoms with van der Waals surface area (Å²) >= 11 is 1.20. The van der Waals surface area contributed by atoms with E-state index in [1.165, 1.54) is 11.5 Å². The highest BCUT2D eigenvalue weighted by Gasteiger charge is 2.23. The zero-order valence-corrected chi connectivity index (χ0v) is 14.2. The molecule has 2 aromatic heterocycles. The molecule has 0 saturated heterocycles. The number of esters is 1. The number of fused-ring (bicyclic) bond motifs is 1. The van der Waals surface area contributed by atoms with Crippen molar-refractivity contribution in [2.24, 2.45) is 0 Å². The lowest BCUT2D eigenvalue weighted by Gasteiger charge is -2.13. The van der Waals surface area contributed by atoms with Crippen molar-refractivity contribution in [3.05, 3.63) is 51.7 Å². The minimum Gasteiger partial charge on any atom is -0.451 e. The molecule has 3 aromatic rings. The Morgan fingerprint density at radius 3 is 2.88 bits per heavy atom. The van der Waals surface area contributed by atoms with Crippen molar-refractivity contribution in [2.75, 3.05) is 12.4 Å². The molecule has 0 aliphatic carbocycles. The molecule has 1 unspecified atom stereocenters. The first-order valence-electron chi connectivity index (χ1n) is 7.35. The average Bonchev–Trinajstić information content (AvgIpc) is 2.95. The molecule has 1 aromatic carbocycles. The van der Waals surface area contributed by atoms with Gasteiger partial charge in [0, 0.05) is 7.05 Å². The van der Waals surface area contributed by atoms with Crippen LogP contribution in [0.1, 0.15) is 34.9 Å². The van der Waals surface area contributed by atoms with E-state index >= 15 is 0 Å². The lowest BCUT2D eigenvalue weighted by atomic mass is 10.2. The maximum atomic E-state index is 12.4. The standard InChI is InChI=1S/C16H16N4O3S/c1-8-12(15(17-3)24-20-8)16(22)23-9(2)13-18-11-7-5-4-6-10(11)14(21)19-13/h4-7,9,17H,1-3H3,(H,18,19,21). The number of hydrogen-bond donors (Lipinski definition) is 2. The van der Waals surface area contributed by atoms with Gasteiger partial charge in [-0.1, -0.05) is 12.1 Å². The molecule has 24 heavy (non-hydrogen) atoms. The molecule has 0 amide bonds. The normalized spacial score (nSPS) is 12.1. The van der Waals surface area contributed by atoms with Gasteiger partial charge in [0.25, 0.3) is 5.56 Å². The fourth-order valence-electron chi connectivity index (χ4n) is 2.35. The van der Waals surface area contributed by atoms with Gasteiger partial charge in [-0.05, 0) is 37.5 Å². The van der Waals surface area contributed by atoms with Crippen molar-refractivity contribution in [3.8, 4) is 0 Å². The predicted molar refractivity (Wildman–Crippen MR) is 92.6 cm³/mol. The Balaban J connectivity index is 1.90. The number of rotatable bonds is 4. The highest BCUT2D eigenvalue weighted by molar-refractivity contribution is 7.10. The summed E-state index contributed by atoms with van der Waals surface area (Å²) in [7, 11) is 1.72. The second kappa shape index (κ2) is 6.40. The minimum absolute atomic E-state index is 0.261. The summed E-state index contributed by atoms with van der Waals surface area (Å²) in [4.78, 5) is 31.6. The van der Waals surface area contributed by atoms with Gasteiger partial charge in [-0.2, -0.15) is 4.37 Å². The molecule has 2 N–H and O–H groups in total. The number of aromatic nitrogens is 3. The van der Waals surface area contributed by atoms with Crippen molar-refractivity contribution in [1.82, 2.24) is 14.3 Å². The third-order valence-corrected chi connectivity index (χ3v) is 4.55. The van der Waals surface area contributed by atoms with E-state index in [0.717, 1.165) is 0 Å². The van der Waals surface area contributed by atoms with E-state index in [2.05, 4.69) is 19.7 Å². The van der Waals surface area contributed by atoms with Gasteiger partial charge in [0.15, 0.2) is 11.9 Å². The van der Waals surface area contributed by atoms with Gasteiger partial charge < -0.3 is 15.0 Å². The number of ether oxygens (including phenoxy) is 1. The summed E-state index contributed by atoms with van der Waals surface area (Å²) < 4.78 is 9.61. The average molecular weight is 344 g/mol. The Hall–Kier alpha value is -2.74. The number of nitrogens with zero attached hydrogens (tertiary/aromatic N) is 2. The van der Waals surface area contributed by atoms with E-state index in [1.807, 2.05) is 0 Å². The summed E-state index contributed by atoms with van der Waals surface area (Å²) in [5, 5.41) is 4.06. The number of anilines is 1. The summed E-state index contributed by atoms with van der Waals surface area (Å²) in [6, 6.07) is 7.01. The van der Waals surface area contributed by atoms with Gasteiger partial charge in [-0.3, -0.25) is 4.79 Å². The molecule has 0 aliphatic heterocycles. The van der Waals surface area contributed by atoms with Crippen molar-refractivity contribution >= 4 is 33.4 Å². The van der Waals surface area contributed by atoms with Crippen LogP contribution in [0.25, 0.3) is 10.9 Å². The molecular formula is C16H16N4O3S. The molecule has 0 aliphatic rings. The molecule has 0 radical (unpaired) electrons. The summed E-state index contributed by atoms with van der Waals surface area (Å²) in [5.41, 5.74) is 1.30. The molecule has 7 nitrogen and oxygen atoms in total. The third-order valence-electron chi connectivity index (χ3n) is 3.59. The van der Waals surface area contributed by atoms with Gasteiger partial charge in [-0.15, -0.1) is 0 Å². The number of carbonyl (C=O) groups excluding carboxylic acids is 1. The largest absolute Gasteiger partial charge is 0.451 e. The molecule has 0 fully saturated rings. The second-order valence-corrected chi connectivity index (χ2v) is 6.01. The maximum absolute atomic E-state index is 12.4. The number of aryl methyl sites for hydroxylation is 1. The summed E-state index contributed by atoms with van der Waals surface area (Å²) in [6.07, 6.45) is -0.696.